The van der Waals surface area contributed by atoms with Crippen LogP contribution in [-0.2, 0) is 10.0 Å². The van der Waals surface area contributed by atoms with E-state index in [0.29, 0.717) is 18.0 Å². The SMILES string of the molecule is CCCN(CCN)c1ccc(S(=O)(=O)NCC)cc1. The van der Waals surface area contributed by atoms with Crippen molar-refractivity contribution in [2.24, 2.45) is 5.73 Å². The molecule has 3 N–H and O–H groups in total. The monoisotopic (exact) mass is 285 g/mol. The van der Waals surface area contributed by atoms with Gasteiger partial charge in [-0.15, -0.1) is 0 Å². The predicted molar refractivity (Wildman–Crippen MR) is 78.9 cm³/mol. The van der Waals surface area contributed by atoms with Gasteiger partial charge in [-0.2, -0.15) is 0 Å². The molecule has 1 aromatic rings. The number of rotatable bonds is 8. The maximum Gasteiger partial charge on any atom is 0.240 e. The Morgan fingerprint density at radius 1 is 1.16 bits per heavy atom. The average molecular weight is 285 g/mol. The zero-order valence-corrected chi connectivity index (χ0v) is 12.4. The molecule has 0 saturated carbocycles. The molecule has 0 unspecified atom stereocenters. The van der Waals surface area contributed by atoms with E-state index in [9.17, 15) is 8.42 Å². The maximum absolute atomic E-state index is 11.8. The van der Waals surface area contributed by atoms with E-state index in [0.717, 1.165) is 25.2 Å². The smallest absolute Gasteiger partial charge is 0.240 e. The number of nitrogens with two attached hydrogens (primary N) is 1. The number of hydrogen-bond donors (Lipinski definition) is 2. The van der Waals surface area contributed by atoms with Gasteiger partial charge in [0.15, 0.2) is 0 Å². The van der Waals surface area contributed by atoms with E-state index in [1.54, 1.807) is 19.1 Å². The van der Waals surface area contributed by atoms with Gasteiger partial charge in [-0.05, 0) is 30.7 Å². The van der Waals surface area contributed by atoms with Crippen LogP contribution in [-0.4, -0.2) is 34.6 Å². The minimum Gasteiger partial charge on any atom is -0.370 e. The van der Waals surface area contributed by atoms with Crippen LogP contribution in [0.1, 0.15) is 20.3 Å². The van der Waals surface area contributed by atoms with Crippen molar-refractivity contribution in [1.29, 1.82) is 0 Å². The van der Waals surface area contributed by atoms with Crippen LogP contribution >= 0.6 is 0 Å². The van der Waals surface area contributed by atoms with E-state index >= 15 is 0 Å². The largest absolute Gasteiger partial charge is 0.370 e. The van der Waals surface area contributed by atoms with Crippen molar-refractivity contribution in [1.82, 2.24) is 4.72 Å². The molecular formula is C13H23N3O2S. The molecule has 5 nitrogen and oxygen atoms in total. The Balaban J connectivity index is 2.91. The Labute approximate surface area is 115 Å². The molecule has 0 atom stereocenters. The summed E-state index contributed by atoms with van der Waals surface area (Å²) in [5, 5.41) is 0. The highest BCUT2D eigenvalue weighted by atomic mass is 32.2. The summed E-state index contributed by atoms with van der Waals surface area (Å²) in [4.78, 5) is 2.45. The molecule has 0 amide bonds. The van der Waals surface area contributed by atoms with Crippen molar-refractivity contribution >= 4 is 15.7 Å². The number of hydrogen-bond acceptors (Lipinski definition) is 4. The van der Waals surface area contributed by atoms with Gasteiger partial charge in [0.2, 0.25) is 10.0 Å². The Bertz CT molecular complexity index is 465. The van der Waals surface area contributed by atoms with Crippen molar-refractivity contribution in [2.75, 3.05) is 31.1 Å². The summed E-state index contributed by atoms with van der Waals surface area (Å²) in [5.74, 6) is 0. The first-order chi connectivity index (χ1) is 9.05. The fraction of sp³-hybridized carbons (Fsp3) is 0.538. The second-order valence-electron chi connectivity index (χ2n) is 4.27. The fourth-order valence-corrected chi connectivity index (χ4v) is 2.95. The van der Waals surface area contributed by atoms with Gasteiger partial charge in [0.1, 0.15) is 0 Å². The molecule has 19 heavy (non-hydrogen) atoms. The van der Waals surface area contributed by atoms with Crippen LogP contribution in [0.15, 0.2) is 29.2 Å². The van der Waals surface area contributed by atoms with Crippen molar-refractivity contribution in [3.63, 3.8) is 0 Å². The molecule has 0 aliphatic carbocycles. The standard InChI is InChI=1S/C13H23N3O2S/c1-3-10-16(11-9-14)12-5-7-13(8-6-12)19(17,18)15-4-2/h5-8,15H,3-4,9-11,14H2,1-2H3. The van der Waals surface area contributed by atoms with Crippen molar-refractivity contribution in [3.05, 3.63) is 24.3 Å². The second-order valence-corrected chi connectivity index (χ2v) is 6.04. The quantitative estimate of drug-likeness (QED) is 0.751. The molecule has 0 spiro atoms. The summed E-state index contributed by atoms with van der Waals surface area (Å²) in [6.07, 6.45) is 1.03. The van der Waals surface area contributed by atoms with Crippen LogP contribution in [0.5, 0.6) is 0 Å². The second kappa shape index (κ2) is 7.47. The highest BCUT2D eigenvalue weighted by Gasteiger charge is 2.13. The molecule has 6 heteroatoms. The molecule has 0 heterocycles. The van der Waals surface area contributed by atoms with Crippen LogP contribution < -0.4 is 15.4 Å². The molecule has 0 fully saturated rings. The molecule has 0 aliphatic rings. The number of nitrogens with one attached hydrogen (secondary N) is 1. The molecule has 0 radical (unpaired) electrons. The molecule has 0 aromatic heterocycles. The number of nitrogens with zero attached hydrogens (tertiary/aromatic N) is 1. The first-order valence-corrected chi connectivity index (χ1v) is 8.08. The van der Waals surface area contributed by atoms with E-state index < -0.39 is 10.0 Å². The van der Waals surface area contributed by atoms with Gasteiger partial charge in [-0.25, -0.2) is 13.1 Å². The zero-order chi connectivity index (χ0) is 14.3. The predicted octanol–water partition coefficient (Wildman–Crippen LogP) is 1.16. The summed E-state index contributed by atoms with van der Waals surface area (Å²) in [5.41, 5.74) is 6.59. The van der Waals surface area contributed by atoms with E-state index in [-0.39, 0.29) is 0 Å². The highest BCUT2D eigenvalue weighted by molar-refractivity contribution is 7.89. The fourth-order valence-electron chi connectivity index (χ4n) is 1.91. The first-order valence-electron chi connectivity index (χ1n) is 6.60. The highest BCUT2D eigenvalue weighted by Crippen LogP contribution is 2.18. The van der Waals surface area contributed by atoms with Gasteiger partial charge in [-0.1, -0.05) is 13.8 Å². The Morgan fingerprint density at radius 3 is 2.26 bits per heavy atom. The van der Waals surface area contributed by atoms with Crippen molar-refractivity contribution in [2.45, 2.75) is 25.2 Å². The molecular weight excluding hydrogens is 262 g/mol. The van der Waals surface area contributed by atoms with E-state index in [2.05, 4.69) is 16.5 Å². The van der Waals surface area contributed by atoms with Gasteiger partial charge in [0.25, 0.3) is 0 Å². The van der Waals surface area contributed by atoms with Crippen LogP contribution in [0, 0.1) is 0 Å². The number of benzene rings is 1. The van der Waals surface area contributed by atoms with Gasteiger partial charge in [-0.3, -0.25) is 0 Å². The lowest BCUT2D eigenvalue weighted by atomic mass is 10.2. The Kier molecular flexibility index (Phi) is 6.27. The minimum atomic E-state index is -3.37. The molecule has 1 rings (SSSR count). The van der Waals surface area contributed by atoms with E-state index in [1.165, 1.54) is 0 Å². The topological polar surface area (TPSA) is 75.4 Å². The molecule has 0 saturated heterocycles. The van der Waals surface area contributed by atoms with E-state index in [1.807, 2.05) is 12.1 Å². The van der Waals surface area contributed by atoms with Gasteiger partial charge in [0.05, 0.1) is 4.90 Å². The molecule has 108 valence electrons. The lowest BCUT2D eigenvalue weighted by Gasteiger charge is -2.23. The lowest BCUT2D eigenvalue weighted by molar-refractivity contribution is 0.584. The third-order valence-corrected chi connectivity index (χ3v) is 4.30. The maximum atomic E-state index is 11.8. The summed E-state index contributed by atoms with van der Waals surface area (Å²) >= 11 is 0. The molecule has 0 aliphatic heterocycles. The minimum absolute atomic E-state index is 0.294. The third-order valence-electron chi connectivity index (χ3n) is 2.74. The van der Waals surface area contributed by atoms with Gasteiger partial charge >= 0.3 is 0 Å². The van der Waals surface area contributed by atoms with Crippen LogP contribution in [0.25, 0.3) is 0 Å². The summed E-state index contributed by atoms with van der Waals surface area (Å²) in [6.45, 7) is 6.52. The van der Waals surface area contributed by atoms with Crippen molar-refractivity contribution in [3.8, 4) is 0 Å². The molecule has 0 bridgehead atoms. The number of sulfonamides is 1. The molecule has 1 aromatic carbocycles. The van der Waals surface area contributed by atoms with Crippen LogP contribution in [0.2, 0.25) is 0 Å². The lowest BCUT2D eigenvalue weighted by Crippen LogP contribution is -2.30. The Hall–Kier alpha value is -1.11. The summed E-state index contributed by atoms with van der Waals surface area (Å²) < 4.78 is 26.1. The Morgan fingerprint density at radius 2 is 1.79 bits per heavy atom. The van der Waals surface area contributed by atoms with Crippen molar-refractivity contribution < 1.29 is 8.42 Å². The van der Waals surface area contributed by atoms with Crippen LogP contribution in [0.4, 0.5) is 5.69 Å². The summed E-state index contributed by atoms with van der Waals surface area (Å²) in [7, 11) is -3.37. The average Bonchev–Trinajstić information content (AvgIpc) is 2.39. The first kappa shape index (κ1) is 15.9. The van der Waals surface area contributed by atoms with Crippen LogP contribution in [0.3, 0.4) is 0 Å². The number of anilines is 1. The van der Waals surface area contributed by atoms with E-state index in [4.69, 9.17) is 5.73 Å². The third kappa shape index (κ3) is 4.49. The van der Waals surface area contributed by atoms with Gasteiger partial charge in [0, 0.05) is 31.9 Å². The normalized spacial score (nSPS) is 11.5. The summed E-state index contributed by atoms with van der Waals surface area (Å²) in [6, 6.07) is 6.92. The zero-order valence-electron chi connectivity index (χ0n) is 11.6. The van der Waals surface area contributed by atoms with Gasteiger partial charge < -0.3 is 10.6 Å².